The van der Waals surface area contributed by atoms with E-state index in [4.69, 9.17) is 11.6 Å². The van der Waals surface area contributed by atoms with Crippen molar-refractivity contribution in [3.8, 4) is 0 Å². The number of carboxylic acid groups (broad SMARTS) is 1. The van der Waals surface area contributed by atoms with Crippen LogP contribution in [0.5, 0.6) is 0 Å². The molecule has 0 saturated carbocycles. The zero-order chi connectivity index (χ0) is 10.4. The van der Waals surface area contributed by atoms with Crippen LogP contribution >= 0.6 is 0 Å². The van der Waals surface area contributed by atoms with Crippen LogP contribution < -0.4 is 10.8 Å². The summed E-state index contributed by atoms with van der Waals surface area (Å²) in [5, 5.41) is 17.0. The molecular formula is C6H12N2O4. The Hall–Kier alpha value is -1.14. The van der Waals surface area contributed by atoms with Crippen molar-refractivity contribution in [2.45, 2.75) is 19.4 Å². The minimum Gasteiger partial charge on any atom is -0.480 e. The molecule has 1 amide bonds. The predicted molar refractivity (Wildman–Crippen MR) is 40.1 cm³/mol. The molecule has 0 aromatic carbocycles. The molecule has 12 heavy (non-hydrogen) atoms. The number of hydrogen-bond donors (Lipinski definition) is 4. The van der Waals surface area contributed by atoms with E-state index in [9.17, 15) is 9.59 Å². The largest absolute Gasteiger partial charge is 0.480 e. The van der Waals surface area contributed by atoms with Crippen LogP contribution in [0.1, 0.15) is 13.3 Å². The van der Waals surface area contributed by atoms with Crippen molar-refractivity contribution in [1.82, 2.24) is 10.8 Å². The zero-order valence-corrected chi connectivity index (χ0v) is 6.65. The summed E-state index contributed by atoms with van der Waals surface area (Å²) < 4.78 is 6.96. The Balaban J connectivity index is 4.09. The third-order valence-electron chi connectivity index (χ3n) is 1.09. The van der Waals surface area contributed by atoms with Gasteiger partial charge < -0.3 is 10.2 Å². The van der Waals surface area contributed by atoms with Gasteiger partial charge in [-0.05, 0) is 6.42 Å². The standard InChI is InChI=1S/C6H12N2O4/c1-4(10)7-8-5(2-3-9)6(11)12/h5,8-9H,2-3H2,1H3,(H,7,10)(H,11,12)/t5-/m0/s1/i/hD. The van der Waals surface area contributed by atoms with Crippen molar-refractivity contribution in [3.05, 3.63) is 0 Å². The van der Waals surface area contributed by atoms with E-state index in [1.807, 2.05) is 0 Å². The van der Waals surface area contributed by atoms with Gasteiger partial charge in [0.25, 0.3) is 0 Å². The van der Waals surface area contributed by atoms with Gasteiger partial charge in [0.1, 0.15) is 6.04 Å². The molecule has 0 heterocycles. The van der Waals surface area contributed by atoms with E-state index in [0.29, 0.717) is 5.42 Å². The molecule has 6 heteroatoms. The van der Waals surface area contributed by atoms with E-state index in [1.54, 1.807) is 0 Å². The molecule has 0 spiro atoms. The Labute approximate surface area is 71.0 Å². The molecule has 6 nitrogen and oxygen atoms in total. The van der Waals surface area contributed by atoms with Crippen molar-refractivity contribution in [1.29, 1.82) is 0 Å². The number of hydrogen-bond acceptors (Lipinski definition) is 4. The van der Waals surface area contributed by atoms with E-state index in [-0.39, 0.29) is 13.0 Å². The van der Waals surface area contributed by atoms with E-state index in [2.05, 4.69) is 5.43 Å². The van der Waals surface area contributed by atoms with E-state index in [1.165, 1.54) is 0 Å². The lowest BCUT2D eigenvalue weighted by molar-refractivity contribution is -0.140. The van der Waals surface area contributed by atoms with Crippen LogP contribution in [-0.2, 0) is 9.59 Å². The van der Waals surface area contributed by atoms with Crippen LogP contribution in [0.4, 0.5) is 0 Å². The smallest absolute Gasteiger partial charge is 0.322 e. The predicted octanol–water partition coefficient (Wildman–Crippen LogP) is -1.54. The van der Waals surface area contributed by atoms with Crippen LogP contribution in [0.25, 0.3) is 0 Å². The highest BCUT2D eigenvalue weighted by Crippen LogP contribution is 1.88. The zero-order valence-electron chi connectivity index (χ0n) is 7.65. The van der Waals surface area contributed by atoms with Gasteiger partial charge in [-0.3, -0.25) is 15.0 Å². The molecule has 0 aliphatic carbocycles. The fraction of sp³-hybridized carbons (Fsp3) is 0.667. The molecule has 4 N–H and O–H groups in total. The summed E-state index contributed by atoms with van der Waals surface area (Å²) in [6, 6.07) is -1.12. The first-order valence-corrected chi connectivity index (χ1v) is 3.38. The second-order valence-corrected chi connectivity index (χ2v) is 2.16. The normalized spacial score (nSPS) is 13.3. The molecule has 0 aliphatic heterocycles. The maximum Gasteiger partial charge on any atom is 0.322 e. The van der Waals surface area contributed by atoms with Gasteiger partial charge >= 0.3 is 5.97 Å². The monoisotopic (exact) mass is 177 g/mol. The Morgan fingerprint density at radius 1 is 1.67 bits per heavy atom. The van der Waals surface area contributed by atoms with Gasteiger partial charge in [-0.15, -0.1) is 0 Å². The number of rotatable bonds is 5. The summed E-state index contributed by atoms with van der Waals surface area (Å²) in [6.45, 7) is 0.799. The lowest BCUT2D eigenvalue weighted by Gasteiger charge is -2.12. The highest BCUT2D eigenvalue weighted by Gasteiger charge is 2.15. The number of aliphatic carboxylic acids is 1. The third kappa shape index (κ3) is 4.64. The number of carbonyl (C=O) groups excluding carboxylic acids is 1. The highest BCUT2D eigenvalue weighted by atomic mass is 16.4. The molecule has 0 aliphatic rings. The minimum atomic E-state index is -1.22. The molecule has 0 radical (unpaired) electrons. The SMILES string of the molecule is [2H]N(N[C@@H](CCO)C(=O)O)C(C)=O. The van der Waals surface area contributed by atoms with Crippen LogP contribution in [0.2, 0.25) is 1.41 Å². The summed E-state index contributed by atoms with van der Waals surface area (Å²) >= 11 is 0. The minimum absolute atomic E-state index is 0.0575. The van der Waals surface area contributed by atoms with Gasteiger partial charge in [-0.1, -0.05) is 0 Å². The van der Waals surface area contributed by atoms with Crippen molar-refractivity contribution in [2.24, 2.45) is 0 Å². The average molecular weight is 177 g/mol. The Morgan fingerprint density at radius 3 is 2.58 bits per heavy atom. The summed E-state index contributed by atoms with van der Waals surface area (Å²) in [5.74, 6) is -1.84. The average Bonchev–Trinajstić information content (AvgIpc) is 2.03. The number of aliphatic hydroxyl groups is 1. The van der Waals surface area contributed by atoms with Crippen molar-refractivity contribution < 1.29 is 21.2 Å². The molecule has 0 fully saturated rings. The lowest BCUT2D eigenvalue weighted by Crippen LogP contribution is -2.47. The Bertz CT molecular complexity index is 199. The van der Waals surface area contributed by atoms with Crippen LogP contribution in [0, 0.1) is 0 Å². The summed E-state index contributed by atoms with van der Waals surface area (Å²) in [5.41, 5.74) is 2.44. The number of aliphatic hydroxyl groups excluding tert-OH is 1. The first-order valence-electron chi connectivity index (χ1n) is 3.83. The second-order valence-electron chi connectivity index (χ2n) is 2.16. The van der Waals surface area contributed by atoms with Gasteiger partial charge in [-0.25, -0.2) is 5.43 Å². The molecule has 0 unspecified atom stereocenters. The van der Waals surface area contributed by atoms with E-state index in [0.717, 1.165) is 6.92 Å². The summed E-state index contributed by atoms with van der Waals surface area (Å²) in [6.07, 6.45) is -0.0575. The quantitative estimate of drug-likeness (QED) is 0.381. The Kier molecular flexibility index (Phi) is 4.11. The number of hydrazine groups is 1. The number of amides is 1. The van der Waals surface area contributed by atoms with Gasteiger partial charge in [0.15, 0.2) is 1.41 Å². The van der Waals surface area contributed by atoms with Crippen molar-refractivity contribution in [3.63, 3.8) is 0 Å². The molecule has 0 aromatic rings. The van der Waals surface area contributed by atoms with Gasteiger partial charge in [0.05, 0.1) is 0 Å². The molecule has 0 rings (SSSR count). The third-order valence-corrected chi connectivity index (χ3v) is 1.09. The number of carboxylic acids is 1. The lowest BCUT2D eigenvalue weighted by atomic mass is 10.2. The number of carbonyl (C=O) groups is 2. The van der Waals surface area contributed by atoms with Crippen LogP contribution in [-0.4, -0.2) is 34.7 Å². The van der Waals surface area contributed by atoms with Gasteiger partial charge in [0.2, 0.25) is 5.91 Å². The fourth-order valence-electron chi connectivity index (χ4n) is 0.541. The number of nitrogens with one attached hydrogen (secondary N) is 2. The summed E-state index contributed by atoms with van der Waals surface area (Å²) in [4.78, 5) is 21.0. The highest BCUT2D eigenvalue weighted by molar-refractivity contribution is 5.75. The van der Waals surface area contributed by atoms with Crippen molar-refractivity contribution >= 4 is 11.9 Å². The topological polar surface area (TPSA) is 98.7 Å². The fourth-order valence-corrected chi connectivity index (χ4v) is 0.541. The van der Waals surface area contributed by atoms with E-state index >= 15 is 0 Å². The molecule has 1 atom stereocenters. The first-order chi connectivity index (χ1) is 5.99. The molecule has 70 valence electrons. The summed E-state index contributed by atoms with van der Waals surface area (Å²) in [7, 11) is 0. The van der Waals surface area contributed by atoms with Gasteiger partial charge in [0, 0.05) is 13.5 Å². The molecular weight excluding hydrogens is 164 g/mol. The Morgan fingerprint density at radius 2 is 2.25 bits per heavy atom. The maximum absolute atomic E-state index is 10.5. The van der Waals surface area contributed by atoms with Crippen LogP contribution in [0.15, 0.2) is 0 Å². The first kappa shape index (κ1) is 8.95. The molecule has 0 aromatic heterocycles. The maximum atomic E-state index is 10.5. The van der Waals surface area contributed by atoms with Gasteiger partial charge in [-0.2, -0.15) is 0 Å². The second kappa shape index (κ2) is 5.50. The van der Waals surface area contributed by atoms with Crippen LogP contribution in [0.3, 0.4) is 0 Å². The van der Waals surface area contributed by atoms with E-state index < -0.39 is 17.9 Å². The van der Waals surface area contributed by atoms with Crippen molar-refractivity contribution in [2.75, 3.05) is 6.61 Å². The molecule has 0 saturated heterocycles. The molecule has 0 bridgehead atoms.